The van der Waals surface area contributed by atoms with E-state index >= 15 is 0 Å². The summed E-state index contributed by atoms with van der Waals surface area (Å²) in [5.74, 6) is 0. The first-order valence-corrected chi connectivity index (χ1v) is 8.94. The molecule has 0 N–H and O–H groups in total. The summed E-state index contributed by atoms with van der Waals surface area (Å²) in [7, 11) is 2.24. The molecule has 22 heavy (non-hydrogen) atoms. The Morgan fingerprint density at radius 3 is 2.86 bits per heavy atom. The number of hydrogen-bond donors (Lipinski definition) is 0. The summed E-state index contributed by atoms with van der Waals surface area (Å²) in [5, 5.41) is 0. The zero-order chi connectivity index (χ0) is 15.7. The van der Waals surface area contributed by atoms with Gasteiger partial charge in [0, 0.05) is 12.2 Å². The molecular formula is C19H26N2S. The van der Waals surface area contributed by atoms with Crippen molar-refractivity contribution in [3.8, 4) is 0 Å². The van der Waals surface area contributed by atoms with E-state index in [-0.39, 0.29) is 0 Å². The van der Waals surface area contributed by atoms with Gasteiger partial charge in [0.25, 0.3) is 0 Å². The second-order valence-electron chi connectivity index (χ2n) is 6.45. The van der Waals surface area contributed by atoms with Crippen molar-refractivity contribution in [3.05, 3.63) is 51.6 Å². The number of aryl methyl sites for hydroxylation is 1. The van der Waals surface area contributed by atoms with Gasteiger partial charge < -0.3 is 9.21 Å². The fourth-order valence-corrected chi connectivity index (χ4v) is 4.26. The highest BCUT2D eigenvalue weighted by Crippen LogP contribution is 2.41. The molecule has 0 fully saturated rings. The number of likely N-dealkylation sites (N-methyl/N-ethyl adjacent to an activating group) is 1. The number of rotatable bonds is 2. The average Bonchev–Trinajstić information content (AvgIpc) is 2.69. The molecule has 0 amide bonds. The van der Waals surface area contributed by atoms with E-state index in [9.17, 15) is 0 Å². The Kier molecular flexibility index (Phi) is 4.65. The van der Waals surface area contributed by atoms with Crippen molar-refractivity contribution >= 4 is 17.5 Å². The minimum atomic E-state index is 1.02. The molecule has 1 aromatic rings. The number of fused-ring (bicyclic) bond motifs is 2. The molecule has 0 radical (unpaired) electrons. The molecule has 0 unspecified atom stereocenters. The molecule has 2 aliphatic rings. The molecule has 0 saturated heterocycles. The summed E-state index contributed by atoms with van der Waals surface area (Å²) < 4.78 is 2.53. The monoisotopic (exact) mass is 314 g/mol. The van der Waals surface area contributed by atoms with Gasteiger partial charge in [0.1, 0.15) is 0 Å². The maximum absolute atomic E-state index is 2.53. The fraction of sp³-hybridized carbons (Fsp3) is 0.474. The van der Waals surface area contributed by atoms with Crippen LogP contribution >= 0.6 is 11.9 Å². The Morgan fingerprint density at radius 1 is 1.27 bits per heavy atom. The number of hydrogen-bond acceptors (Lipinski definition) is 3. The van der Waals surface area contributed by atoms with E-state index in [1.807, 2.05) is 11.9 Å². The van der Waals surface area contributed by atoms with Gasteiger partial charge in [-0.1, -0.05) is 29.8 Å². The fourth-order valence-electron chi connectivity index (χ4n) is 3.30. The predicted molar refractivity (Wildman–Crippen MR) is 97.4 cm³/mol. The molecule has 1 aromatic carbocycles. The van der Waals surface area contributed by atoms with E-state index in [0.717, 1.165) is 13.1 Å². The predicted octanol–water partition coefficient (Wildman–Crippen LogP) is 4.82. The summed E-state index contributed by atoms with van der Waals surface area (Å²) in [5.41, 5.74) is 7.41. The van der Waals surface area contributed by atoms with Gasteiger partial charge in [0.15, 0.2) is 0 Å². The lowest BCUT2D eigenvalue weighted by Crippen LogP contribution is -2.25. The van der Waals surface area contributed by atoms with Crippen molar-refractivity contribution in [2.24, 2.45) is 0 Å². The lowest BCUT2D eigenvalue weighted by molar-refractivity contribution is 0.376. The maximum atomic E-state index is 2.53. The van der Waals surface area contributed by atoms with Crippen molar-refractivity contribution < 1.29 is 0 Å². The van der Waals surface area contributed by atoms with Crippen LogP contribution in [-0.4, -0.2) is 29.3 Å². The van der Waals surface area contributed by atoms with Crippen LogP contribution in [0.2, 0.25) is 0 Å². The first-order valence-electron chi connectivity index (χ1n) is 8.17. The molecule has 0 aliphatic carbocycles. The van der Waals surface area contributed by atoms with Crippen molar-refractivity contribution in [3.63, 3.8) is 0 Å². The van der Waals surface area contributed by atoms with Crippen molar-refractivity contribution in [2.75, 3.05) is 20.1 Å². The van der Waals surface area contributed by atoms with Gasteiger partial charge >= 0.3 is 0 Å². The van der Waals surface area contributed by atoms with E-state index in [1.54, 1.807) is 11.3 Å². The summed E-state index contributed by atoms with van der Waals surface area (Å²) in [6.45, 7) is 9.81. The molecule has 118 valence electrons. The summed E-state index contributed by atoms with van der Waals surface area (Å²) in [6, 6.07) is 6.95. The highest BCUT2D eigenvalue weighted by atomic mass is 32.2. The first kappa shape index (κ1) is 15.7. The second-order valence-corrected chi connectivity index (χ2v) is 7.72. The first-order chi connectivity index (χ1) is 10.6. The second kappa shape index (κ2) is 6.51. The lowest BCUT2D eigenvalue weighted by Gasteiger charge is -2.34. The largest absolute Gasteiger partial charge is 0.311 e. The van der Waals surface area contributed by atoms with Crippen molar-refractivity contribution in [1.29, 1.82) is 0 Å². The van der Waals surface area contributed by atoms with Gasteiger partial charge in [0.2, 0.25) is 0 Å². The van der Waals surface area contributed by atoms with E-state index in [1.165, 1.54) is 41.0 Å². The third kappa shape index (κ3) is 3.11. The minimum absolute atomic E-state index is 1.02. The zero-order valence-corrected chi connectivity index (χ0v) is 15.0. The maximum Gasteiger partial charge on any atom is 0.0552 e. The molecule has 0 aromatic heterocycles. The van der Waals surface area contributed by atoms with Crippen LogP contribution in [0.4, 0.5) is 0 Å². The molecule has 2 nitrogen and oxygen atoms in total. The van der Waals surface area contributed by atoms with Crippen LogP contribution in [0.25, 0.3) is 5.57 Å². The summed E-state index contributed by atoms with van der Waals surface area (Å²) >= 11 is 1.90. The molecule has 0 bridgehead atoms. The smallest absolute Gasteiger partial charge is 0.0552 e. The Balaban J connectivity index is 2.06. The van der Waals surface area contributed by atoms with Gasteiger partial charge in [0.05, 0.1) is 6.54 Å². The van der Waals surface area contributed by atoms with E-state index in [0.29, 0.717) is 0 Å². The molecule has 0 atom stereocenters. The molecule has 3 heteroatoms. The third-order valence-electron chi connectivity index (χ3n) is 4.60. The Labute approximate surface area is 139 Å². The summed E-state index contributed by atoms with van der Waals surface area (Å²) in [6.07, 6.45) is 4.65. The zero-order valence-electron chi connectivity index (χ0n) is 14.1. The molecule has 2 heterocycles. The van der Waals surface area contributed by atoms with Crippen molar-refractivity contribution in [2.45, 2.75) is 40.2 Å². The van der Waals surface area contributed by atoms with Gasteiger partial charge in [-0.3, -0.25) is 0 Å². The lowest BCUT2D eigenvalue weighted by atomic mass is 9.92. The standard InChI is InChI=1S/C19H26N2S/c1-5-15(3)22-21-12-16-9-8-14(2)11-17(16)18-13-20(4)10-6-7-19(18)21/h5,8-9,11H,6-7,10,12-13H2,1-4H3/b15-5+. The molecule has 0 spiro atoms. The highest BCUT2D eigenvalue weighted by Gasteiger charge is 2.27. The highest BCUT2D eigenvalue weighted by molar-refractivity contribution is 8.00. The van der Waals surface area contributed by atoms with Crippen LogP contribution in [0.15, 0.2) is 34.9 Å². The topological polar surface area (TPSA) is 6.48 Å². The molecule has 0 saturated carbocycles. The Morgan fingerprint density at radius 2 is 2.09 bits per heavy atom. The Hall–Kier alpha value is -1.19. The van der Waals surface area contributed by atoms with Gasteiger partial charge in [-0.25, -0.2) is 0 Å². The number of allylic oxidation sites excluding steroid dienone is 3. The third-order valence-corrected chi connectivity index (χ3v) is 5.69. The van der Waals surface area contributed by atoms with E-state index in [2.05, 4.69) is 61.3 Å². The Bertz CT molecular complexity index is 630. The van der Waals surface area contributed by atoms with Crippen LogP contribution in [0.3, 0.4) is 0 Å². The van der Waals surface area contributed by atoms with Gasteiger partial charge in [-0.2, -0.15) is 0 Å². The van der Waals surface area contributed by atoms with Crippen LogP contribution in [0.5, 0.6) is 0 Å². The van der Waals surface area contributed by atoms with E-state index < -0.39 is 0 Å². The minimum Gasteiger partial charge on any atom is -0.311 e. The van der Waals surface area contributed by atoms with Crippen LogP contribution in [0, 0.1) is 6.92 Å². The van der Waals surface area contributed by atoms with Gasteiger partial charge in [-0.05, 0) is 80.8 Å². The number of benzene rings is 1. The molecule has 2 aliphatic heterocycles. The van der Waals surface area contributed by atoms with Gasteiger partial charge in [-0.15, -0.1) is 0 Å². The molecule has 3 rings (SSSR count). The molecular weight excluding hydrogens is 288 g/mol. The SMILES string of the molecule is C/C=C(\C)SN1Cc2ccc(C)cc2C2=C1CCCN(C)C2. The average molecular weight is 314 g/mol. The summed E-state index contributed by atoms with van der Waals surface area (Å²) in [4.78, 5) is 3.84. The number of nitrogens with zero attached hydrogens (tertiary/aromatic N) is 2. The van der Waals surface area contributed by atoms with Crippen LogP contribution in [0.1, 0.15) is 43.4 Å². The normalized spacial score (nSPS) is 19.8. The van der Waals surface area contributed by atoms with Crippen LogP contribution < -0.4 is 0 Å². The van der Waals surface area contributed by atoms with Crippen molar-refractivity contribution in [1.82, 2.24) is 9.21 Å². The van der Waals surface area contributed by atoms with Crippen LogP contribution in [-0.2, 0) is 6.54 Å². The van der Waals surface area contributed by atoms with E-state index in [4.69, 9.17) is 0 Å². The quantitative estimate of drug-likeness (QED) is 0.723.